The Morgan fingerprint density at radius 2 is 2.11 bits per heavy atom. The van der Waals surface area contributed by atoms with Gasteiger partial charge in [-0.05, 0) is 15.5 Å². The summed E-state index contributed by atoms with van der Waals surface area (Å²) in [6.45, 7) is 1.92. The average Bonchev–Trinajstić information content (AvgIpc) is 2.72. The molecule has 0 aliphatic heterocycles. The zero-order valence-corrected chi connectivity index (χ0v) is 9.85. The molecule has 1 heterocycles. The van der Waals surface area contributed by atoms with E-state index in [1.54, 1.807) is 11.5 Å². The van der Waals surface area contributed by atoms with Gasteiger partial charge in [-0.25, -0.2) is 0 Å². The molecule has 0 saturated heterocycles. The van der Waals surface area contributed by atoms with E-state index >= 15 is 0 Å². The molecule has 94 valence electrons. The lowest BCUT2D eigenvalue weighted by Crippen LogP contribution is -2.09. The number of aliphatic hydroxyl groups excluding tert-OH is 1. The molecular formula is C12H13N3O3. The zero-order chi connectivity index (χ0) is 13.1. The molecule has 0 bridgehead atoms. The van der Waals surface area contributed by atoms with Gasteiger partial charge in [-0.1, -0.05) is 30.3 Å². The fourth-order valence-electron chi connectivity index (χ4n) is 1.73. The number of imidazole rings is 1. The molecular weight excluding hydrogens is 234 g/mol. The summed E-state index contributed by atoms with van der Waals surface area (Å²) in [6.07, 6.45) is 0.625. The van der Waals surface area contributed by atoms with Crippen LogP contribution in [0.5, 0.6) is 0 Å². The molecule has 0 amide bonds. The Morgan fingerprint density at radius 3 is 2.67 bits per heavy atom. The van der Waals surface area contributed by atoms with Gasteiger partial charge in [0.2, 0.25) is 5.82 Å². The molecule has 1 aromatic heterocycles. The summed E-state index contributed by atoms with van der Waals surface area (Å²) in [5, 5.41) is 20.6. The molecule has 0 spiro atoms. The number of aliphatic hydroxyl groups is 1. The summed E-state index contributed by atoms with van der Waals surface area (Å²) < 4.78 is 1.58. The van der Waals surface area contributed by atoms with Crippen LogP contribution in [0, 0.1) is 17.0 Å². The van der Waals surface area contributed by atoms with Crippen molar-refractivity contribution >= 4 is 5.82 Å². The van der Waals surface area contributed by atoms with Crippen molar-refractivity contribution in [3.05, 3.63) is 58.0 Å². The summed E-state index contributed by atoms with van der Waals surface area (Å²) in [6, 6.07) is 9.16. The zero-order valence-electron chi connectivity index (χ0n) is 9.85. The smallest absolute Gasteiger partial charge is 0.381 e. The van der Waals surface area contributed by atoms with Gasteiger partial charge in [0.15, 0.2) is 0 Å². The maximum atomic E-state index is 10.6. The third-order valence-electron chi connectivity index (χ3n) is 2.70. The van der Waals surface area contributed by atoms with Crippen LogP contribution in [0.2, 0.25) is 0 Å². The molecule has 0 radical (unpaired) electrons. The Labute approximate surface area is 104 Å². The number of hydrogen-bond donors (Lipinski definition) is 1. The molecule has 6 nitrogen and oxygen atoms in total. The summed E-state index contributed by atoms with van der Waals surface area (Å²) in [5.41, 5.74) is 0.772. The van der Waals surface area contributed by atoms with E-state index in [1.807, 2.05) is 30.3 Å². The van der Waals surface area contributed by atoms with Crippen LogP contribution in [-0.4, -0.2) is 19.6 Å². The first-order valence-electron chi connectivity index (χ1n) is 5.49. The van der Waals surface area contributed by atoms with E-state index in [4.69, 9.17) is 0 Å². The van der Waals surface area contributed by atoms with Crippen molar-refractivity contribution in [1.82, 2.24) is 9.55 Å². The number of nitro groups is 1. The predicted octanol–water partition coefficient (Wildman–Crippen LogP) is 1.83. The summed E-state index contributed by atoms with van der Waals surface area (Å²) in [4.78, 5) is 13.9. The number of aryl methyl sites for hydroxylation is 1. The summed E-state index contributed by atoms with van der Waals surface area (Å²) >= 11 is 0. The fourth-order valence-corrected chi connectivity index (χ4v) is 1.73. The average molecular weight is 247 g/mol. The first kappa shape index (κ1) is 12.3. The molecule has 2 rings (SSSR count). The SMILES string of the molecule is Cc1nc([N+](=O)[O-])cn1C[C@@H](O)c1ccccc1. The maximum Gasteiger partial charge on any atom is 0.381 e. The maximum absolute atomic E-state index is 10.6. The van der Waals surface area contributed by atoms with Crippen molar-refractivity contribution in [3.63, 3.8) is 0 Å². The molecule has 0 saturated carbocycles. The van der Waals surface area contributed by atoms with Gasteiger partial charge in [0, 0.05) is 6.92 Å². The van der Waals surface area contributed by atoms with E-state index in [9.17, 15) is 15.2 Å². The van der Waals surface area contributed by atoms with Crippen LogP contribution < -0.4 is 0 Å². The highest BCUT2D eigenvalue weighted by Gasteiger charge is 2.17. The number of rotatable bonds is 4. The van der Waals surface area contributed by atoms with E-state index < -0.39 is 11.0 Å². The Morgan fingerprint density at radius 1 is 1.44 bits per heavy atom. The highest BCUT2D eigenvalue weighted by molar-refractivity contribution is 5.19. The van der Waals surface area contributed by atoms with Crippen LogP contribution in [0.15, 0.2) is 36.5 Å². The minimum Gasteiger partial charge on any atom is -0.387 e. The lowest BCUT2D eigenvalue weighted by atomic mass is 10.1. The Hall–Kier alpha value is -2.21. The highest BCUT2D eigenvalue weighted by Crippen LogP contribution is 2.17. The Bertz CT molecular complexity index is 551. The molecule has 18 heavy (non-hydrogen) atoms. The van der Waals surface area contributed by atoms with Crippen molar-refractivity contribution in [2.45, 2.75) is 19.6 Å². The second kappa shape index (κ2) is 4.97. The number of nitrogens with zero attached hydrogens (tertiary/aromatic N) is 3. The third-order valence-corrected chi connectivity index (χ3v) is 2.70. The molecule has 0 aliphatic rings. The molecule has 0 unspecified atom stereocenters. The van der Waals surface area contributed by atoms with Crippen LogP contribution in [0.25, 0.3) is 0 Å². The Kier molecular flexibility index (Phi) is 3.38. The van der Waals surface area contributed by atoms with Gasteiger partial charge < -0.3 is 19.8 Å². The molecule has 0 aliphatic carbocycles. The first-order valence-corrected chi connectivity index (χ1v) is 5.49. The van der Waals surface area contributed by atoms with Crippen LogP contribution >= 0.6 is 0 Å². The van der Waals surface area contributed by atoms with Gasteiger partial charge in [-0.3, -0.25) is 0 Å². The standard InChI is InChI=1S/C12H13N3O3/c1-9-13-12(15(17)18)8-14(9)7-11(16)10-5-3-2-4-6-10/h2-6,8,11,16H,7H2,1H3/t11-/m1/s1. The molecule has 0 fully saturated rings. The van der Waals surface area contributed by atoms with E-state index in [0.717, 1.165) is 5.56 Å². The lowest BCUT2D eigenvalue weighted by Gasteiger charge is -2.11. The molecule has 6 heteroatoms. The topological polar surface area (TPSA) is 81.2 Å². The quantitative estimate of drug-likeness (QED) is 0.660. The lowest BCUT2D eigenvalue weighted by molar-refractivity contribution is -0.389. The second-order valence-electron chi connectivity index (χ2n) is 3.98. The Balaban J connectivity index is 2.17. The van der Waals surface area contributed by atoms with Crippen LogP contribution in [0.4, 0.5) is 5.82 Å². The van der Waals surface area contributed by atoms with E-state index in [1.165, 1.54) is 6.20 Å². The predicted molar refractivity (Wildman–Crippen MR) is 65.0 cm³/mol. The summed E-state index contributed by atoms with van der Waals surface area (Å²) in [7, 11) is 0. The van der Waals surface area contributed by atoms with Gasteiger partial charge in [0.05, 0.1) is 12.6 Å². The van der Waals surface area contributed by atoms with Crippen molar-refractivity contribution in [1.29, 1.82) is 0 Å². The van der Waals surface area contributed by atoms with Crippen molar-refractivity contribution in [2.24, 2.45) is 0 Å². The van der Waals surface area contributed by atoms with E-state index in [0.29, 0.717) is 5.82 Å². The normalized spacial score (nSPS) is 12.3. The summed E-state index contributed by atoms with van der Waals surface area (Å²) in [5.74, 6) is 0.310. The van der Waals surface area contributed by atoms with Crippen LogP contribution in [0.3, 0.4) is 0 Å². The third kappa shape index (κ3) is 2.54. The van der Waals surface area contributed by atoms with Crippen molar-refractivity contribution in [2.75, 3.05) is 0 Å². The molecule has 1 N–H and O–H groups in total. The highest BCUT2D eigenvalue weighted by atomic mass is 16.6. The fraction of sp³-hybridized carbons (Fsp3) is 0.250. The number of benzene rings is 1. The van der Waals surface area contributed by atoms with Gasteiger partial charge in [-0.2, -0.15) is 0 Å². The van der Waals surface area contributed by atoms with Gasteiger partial charge in [0.25, 0.3) is 0 Å². The van der Waals surface area contributed by atoms with E-state index in [2.05, 4.69) is 4.98 Å². The molecule has 2 aromatic rings. The minimum absolute atomic E-state index is 0.201. The second-order valence-corrected chi connectivity index (χ2v) is 3.98. The van der Waals surface area contributed by atoms with E-state index in [-0.39, 0.29) is 12.4 Å². The molecule has 1 aromatic carbocycles. The molecule has 1 atom stereocenters. The van der Waals surface area contributed by atoms with Crippen LogP contribution in [-0.2, 0) is 6.54 Å². The van der Waals surface area contributed by atoms with Gasteiger partial charge in [0.1, 0.15) is 6.20 Å². The van der Waals surface area contributed by atoms with Crippen LogP contribution in [0.1, 0.15) is 17.5 Å². The van der Waals surface area contributed by atoms with Crippen molar-refractivity contribution in [3.8, 4) is 0 Å². The number of hydrogen-bond acceptors (Lipinski definition) is 4. The minimum atomic E-state index is -0.710. The first-order chi connectivity index (χ1) is 8.58. The monoisotopic (exact) mass is 247 g/mol. The van der Waals surface area contributed by atoms with Gasteiger partial charge >= 0.3 is 5.82 Å². The van der Waals surface area contributed by atoms with Gasteiger partial charge in [-0.15, -0.1) is 0 Å². The number of aromatic nitrogens is 2. The largest absolute Gasteiger partial charge is 0.387 e. The van der Waals surface area contributed by atoms with Crippen molar-refractivity contribution < 1.29 is 10.0 Å².